The minimum atomic E-state index is -0.662. The summed E-state index contributed by atoms with van der Waals surface area (Å²) in [6.07, 6.45) is 0.383. The molecule has 4 heteroatoms. The van der Waals surface area contributed by atoms with Crippen LogP contribution in [-0.2, 0) is 9.53 Å². The molecule has 4 nitrogen and oxygen atoms in total. The van der Waals surface area contributed by atoms with E-state index in [1.54, 1.807) is 13.0 Å². The van der Waals surface area contributed by atoms with E-state index >= 15 is 0 Å². The Hall–Kier alpha value is -2.36. The molecule has 1 N–H and O–H groups in total. The number of amides is 1. The Balaban J connectivity index is 0. The van der Waals surface area contributed by atoms with Gasteiger partial charge in [0.15, 0.2) is 11.9 Å². The average Bonchev–Trinajstić information content (AvgIpc) is 2.77. The molecule has 0 fully saturated rings. The normalized spacial score (nSPS) is 17.2. The van der Waals surface area contributed by atoms with Crippen molar-refractivity contribution < 1.29 is 15.8 Å². The summed E-state index contributed by atoms with van der Waals surface area (Å²) in [6, 6.07) is 9.40. The summed E-state index contributed by atoms with van der Waals surface area (Å²) in [6.45, 7) is 11.2. The quantitative estimate of drug-likeness (QED) is 0.811. The predicted octanol–water partition coefficient (Wildman–Crippen LogP) is 4.84. The highest BCUT2D eigenvalue weighted by atomic mass is 16.6. The number of ketones is 1. The zero-order valence-corrected chi connectivity index (χ0v) is 13.6. The molecule has 2 atom stereocenters. The summed E-state index contributed by atoms with van der Waals surface area (Å²) in [5.74, 6) is -0.154. The maximum atomic E-state index is 11.8. The molecule has 0 bridgehead atoms. The second kappa shape index (κ2) is 9.62. The number of nitrogens with one attached hydrogen (secondary N) is 1. The van der Waals surface area contributed by atoms with Gasteiger partial charge in [0.05, 0.1) is 6.04 Å². The van der Waals surface area contributed by atoms with Crippen molar-refractivity contribution in [1.29, 1.82) is 0 Å². The van der Waals surface area contributed by atoms with Crippen molar-refractivity contribution >= 4 is 11.9 Å². The van der Waals surface area contributed by atoms with Gasteiger partial charge in [-0.05, 0) is 31.1 Å². The van der Waals surface area contributed by atoms with E-state index in [4.69, 9.17) is 4.74 Å². The second-order valence-electron chi connectivity index (χ2n) is 4.81. The molecular weight excluding hydrogens is 290 g/mol. The summed E-state index contributed by atoms with van der Waals surface area (Å²) in [7, 11) is 0. The van der Waals surface area contributed by atoms with E-state index in [0.29, 0.717) is 11.1 Å². The maximum absolute atomic E-state index is 11.8. The van der Waals surface area contributed by atoms with E-state index < -0.39 is 12.2 Å². The standard InChI is InChI=1S/C16H17NO3.C2H6.CH4.H2/c1-10-9-14(11(2)15(10)18)20-16(19)17-12(3)13-7-5-4-6-8-13;1-2;;/h4-9,12,14H,2H2,1,3H3,(H,17,19);1-2H3;1H4;1H/t12-,14-;;;/m1.../s1. The number of alkyl carbamates (subject to hydrolysis) is 1. The largest absolute Gasteiger partial charge is 0.437 e. The van der Waals surface area contributed by atoms with Crippen LogP contribution >= 0.6 is 0 Å². The molecule has 1 aromatic carbocycles. The van der Waals surface area contributed by atoms with Crippen LogP contribution in [0.2, 0.25) is 0 Å². The molecule has 1 aromatic rings. The topological polar surface area (TPSA) is 55.4 Å². The summed E-state index contributed by atoms with van der Waals surface area (Å²) in [5, 5.41) is 2.73. The van der Waals surface area contributed by atoms with E-state index in [9.17, 15) is 9.59 Å². The summed E-state index contributed by atoms with van der Waals surface area (Å²) in [5.41, 5.74) is 1.84. The third kappa shape index (κ3) is 5.40. The lowest BCUT2D eigenvalue weighted by Gasteiger charge is -2.16. The molecule has 0 aliphatic heterocycles. The third-order valence-electron chi connectivity index (χ3n) is 3.26. The van der Waals surface area contributed by atoms with Gasteiger partial charge in [-0.25, -0.2) is 4.79 Å². The number of rotatable bonds is 3. The van der Waals surface area contributed by atoms with E-state index in [2.05, 4.69) is 11.9 Å². The second-order valence-corrected chi connectivity index (χ2v) is 4.81. The maximum Gasteiger partial charge on any atom is 0.408 e. The highest BCUT2D eigenvalue weighted by Gasteiger charge is 2.29. The number of hydrogen-bond donors (Lipinski definition) is 1. The molecule has 23 heavy (non-hydrogen) atoms. The molecule has 128 valence electrons. The number of benzene rings is 1. The first-order chi connectivity index (χ1) is 10.5. The van der Waals surface area contributed by atoms with Gasteiger partial charge in [-0.15, -0.1) is 0 Å². The van der Waals surface area contributed by atoms with Gasteiger partial charge in [0.2, 0.25) is 0 Å². The summed E-state index contributed by atoms with van der Waals surface area (Å²) < 4.78 is 5.21. The Morgan fingerprint density at radius 1 is 1.30 bits per heavy atom. The third-order valence-corrected chi connectivity index (χ3v) is 3.26. The lowest BCUT2D eigenvalue weighted by atomic mass is 10.1. The van der Waals surface area contributed by atoms with E-state index in [1.165, 1.54) is 0 Å². The summed E-state index contributed by atoms with van der Waals surface area (Å²) in [4.78, 5) is 23.4. The smallest absolute Gasteiger partial charge is 0.408 e. The first-order valence-corrected chi connectivity index (χ1v) is 7.43. The van der Waals surface area contributed by atoms with Crippen LogP contribution in [0.3, 0.4) is 0 Å². The Kier molecular flexibility index (Phi) is 8.63. The number of allylic oxidation sites excluding steroid dienone is 1. The van der Waals surface area contributed by atoms with Crippen LogP contribution < -0.4 is 5.32 Å². The molecular formula is C19H29NO3. The molecule has 2 rings (SSSR count). The SMILES string of the molecule is C.C=C1C(=O)C(C)=C[C@H]1OC(=O)N[C@H](C)c1ccccc1.CC.[HH]. The molecule has 1 aliphatic rings. The Bertz CT molecular complexity index is 582. The molecule has 0 spiro atoms. The first-order valence-electron chi connectivity index (χ1n) is 7.43. The highest BCUT2D eigenvalue weighted by Crippen LogP contribution is 2.22. The Labute approximate surface area is 140 Å². The Morgan fingerprint density at radius 3 is 2.35 bits per heavy atom. The van der Waals surface area contributed by atoms with Crippen molar-refractivity contribution in [3.05, 3.63) is 59.7 Å². The van der Waals surface area contributed by atoms with Gasteiger partial charge in [-0.3, -0.25) is 4.79 Å². The van der Waals surface area contributed by atoms with Gasteiger partial charge in [-0.1, -0.05) is 58.2 Å². The van der Waals surface area contributed by atoms with Crippen LogP contribution in [0, 0.1) is 0 Å². The summed E-state index contributed by atoms with van der Waals surface area (Å²) >= 11 is 0. The van der Waals surface area contributed by atoms with Gasteiger partial charge in [0.1, 0.15) is 0 Å². The fourth-order valence-electron chi connectivity index (χ4n) is 2.04. The van der Waals surface area contributed by atoms with Crippen LogP contribution in [0.1, 0.15) is 48.2 Å². The first kappa shape index (κ1) is 20.6. The van der Waals surface area contributed by atoms with Crippen LogP contribution in [-0.4, -0.2) is 18.0 Å². The van der Waals surface area contributed by atoms with Crippen molar-refractivity contribution in [2.75, 3.05) is 0 Å². The van der Waals surface area contributed by atoms with Gasteiger partial charge in [-0.2, -0.15) is 0 Å². The molecule has 0 heterocycles. The van der Waals surface area contributed by atoms with E-state index in [0.717, 1.165) is 5.56 Å². The molecule has 1 aliphatic carbocycles. The van der Waals surface area contributed by atoms with Gasteiger partial charge in [0.25, 0.3) is 0 Å². The molecule has 0 unspecified atom stereocenters. The van der Waals surface area contributed by atoms with Crippen molar-refractivity contribution in [2.24, 2.45) is 0 Å². The van der Waals surface area contributed by atoms with E-state index in [-0.39, 0.29) is 20.7 Å². The van der Waals surface area contributed by atoms with Crippen LogP contribution in [0.25, 0.3) is 0 Å². The van der Waals surface area contributed by atoms with Gasteiger partial charge in [0, 0.05) is 7.00 Å². The minimum absolute atomic E-state index is 0. The van der Waals surface area contributed by atoms with Crippen LogP contribution in [0.15, 0.2) is 54.1 Å². The van der Waals surface area contributed by atoms with Crippen molar-refractivity contribution in [2.45, 2.75) is 47.3 Å². The number of hydrogen-bond acceptors (Lipinski definition) is 3. The van der Waals surface area contributed by atoms with Crippen LogP contribution in [0.5, 0.6) is 0 Å². The average molecular weight is 319 g/mol. The number of Topliss-reactive ketones (excluding diaryl/α,β-unsaturated/α-hetero) is 1. The number of carbonyl (C=O) groups is 2. The minimum Gasteiger partial charge on any atom is -0.437 e. The molecule has 1 amide bonds. The molecule has 0 radical (unpaired) electrons. The molecule has 0 saturated carbocycles. The zero-order chi connectivity index (χ0) is 16.7. The molecule has 0 aromatic heterocycles. The molecule has 0 saturated heterocycles. The lowest BCUT2D eigenvalue weighted by Crippen LogP contribution is -2.30. The van der Waals surface area contributed by atoms with Gasteiger partial charge >= 0.3 is 6.09 Å². The predicted molar refractivity (Wildman–Crippen MR) is 96.4 cm³/mol. The van der Waals surface area contributed by atoms with Crippen molar-refractivity contribution in [3.8, 4) is 0 Å². The lowest BCUT2D eigenvalue weighted by molar-refractivity contribution is -0.112. The van der Waals surface area contributed by atoms with Crippen LogP contribution in [0.4, 0.5) is 4.79 Å². The van der Waals surface area contributed by atoms with Crippen molar-refractivity contribution in [1.82, 2.24) is 5.32 Å². The number of carbonyl (C=O) groups excluding carboxylic acids is 2. The highest BCUT2D eigenvalue weighted by molar-refractivity contribution is 6.11. The fraction of sp³-hybridized carbons (Fsp3) is 0.368. The van der Waals surface area contributed by atoms with Crippen molar-refractivity contribution in [3.63, 3.8) is 0 Å². The Morgan fingerprint density at radius 2 is 1.87 bits per heavy atom. The fourth-order valence-corrected chi connectivity index (χ4v) is 2.04. The zero-order valence-electron chi connectivity index (χ0n) is 13.6. The van der Waals surface area contributed by atoms with Gasteiger partial charge < -0.3 is 10.1 Å². The van der Waals surface area contributed by atoms with E-state index in [1.807, 2.05) is 51.1 Å². The number of ether oxygens (including phenoxy) is 1. The monoisotopic (exact) mass is 319 g/mol.